The second-order valence-corrected chi connectivity index (χ2v) is 5.55. The molecule has 1 aromatic heterocycles. The molecule has 0 radical (unpaired) electrons. The Hall–Kier alpha value is -3.88. The summed E-state index contributed by atoms with van der Waals surface area (Å²) in [4.78, 5) is 27.4. The number of nitrogens with two attached hydrogens (primary N) is 1. The molecule has 0 saturated carbocycles. The van der Waals surface area contributed by atoms with Crippen molar-refractivity contribution in [3.63, 3.8) is 0 Å². The van der Waals surface area contributed by atoms with Gasteiger partial charge in [0.05, 0.1) is 12.7 Å². The highest BCUT2D eigenvalue weighted by Crippen LogP contribution is 2.21. The summed E-state index contributed by atoms with van der Waals surface area (Å²) in [6.07, 6.45) is 0. The molecule has 3 aromatic rings. The van der Waals surface area contributed by atoms with Crippen LogP contribution in [0.1, 0.15) is 16.2 Å². The van der Waals surface area contributed by atoms with E-state index in [0.29, 0.717) is 17.1 Å². The van der Waals surface area contributed by atoms with Crippen LogP contribution in [0.5, 0.6) is 11.5 Å². The van der Waals surface area contributed by atoms with Crippen molar-refractivity contribution in [1.29, 1.82) is 0 Å². The van der Waals surface area contributed by atoms with E-state index in [-0.39, 0.29) is 23.8 Å². The number of rotatable bonds is 8. The van der Waals surface area contributed by atoms with Crippen LogP contribution < -0.4 is 15.2 Å². The Morgan fingerprint density at radius 3 is 2.75 bits per heavy atom. The van der Waals surface area contributed by atoms with Crippen LogP contribution in [0.4, 0.5) is 0 Å². The first-order chi connectivity index (χ1) is 13.6. The van der Waals surface area contributed by atoms with Crippen LogP contribution in [0.3, 0.4) is 0 Å². The summed E-state index contributed by atoms with van der Waals surface area (Å²) in [7, 11) is 1.56. The van der Waals surface area contributed by atoms with Gasteiger partial charge in [0.15, 0.2) is 13.2 Å². The third-order valence-corrected chi connectivity index (χ3v) is 3.65. The molecule has 9 nitrogen and oxygen atoms in total. The van der Waals surface area contributed by atoms with E-state index in [0.717, 1.165) is 0 Å². The summed E-state index contributed by atoms with van der Waals surface area (Å²) in [5.41, 5.74) is 6.13. The molecule has 144 valence electrons. The van der Waals surface area contributed by atoms with Crippen molar-refractivity contribution in [2.75, 3.05) is 13.7 Å². The number of carbonyl (C=O) groups is 2. The van der Waals surface area contributed by atoms with Gasteiger partial charge in [-0.15, -0.1) is 0 Å². The number of methoxy groups -OCH3 is 1. The smallest absolute Gasteiger partial charge is 0.344 e. The number of nitrogens with zero attached hydrogens (tertiary/aromatic N) is 2. The maximum atomic E-state index is 11.9. The number of para-hydroxylation sites is 1. The quantitative estimate of drug-likeness (QED) is 0.585. The third-order valence-electron chi connectivity index (χ3n) is 3.65. The van der Waals surface area contributed by atoms with Gasteiger partial charge < -0.3 is 24.5 Å². The molecule has 0 spiro atoms. The molecule has 0 fully saturated rings. The Morgan fingerprint density at radius 1 is 1.14 bits per heavy atom. The zero-order chi connectivity index (χ0) is 19.9. The second kappa shape index (κ2) is 8.67. The third kappa shape index (κ3) is 4.64. The average Bonchev–Trinajstić information content (AvgIpc) is 3.20. The maximum Gasteiger partial charge on any atom is 0.344 e. The van der Waals surface area contributed by atoms with Crippen molar-refractivity contribution in [3.05, 3.63) is 60.0 Å². The summed E-state index contributed by atoms with van der Waals surface area (Å²) < 4.78 is 20.6. The summed E-state index contributed by atoms with van der Waals surface area (Å²) in [6, 6.07) is 13.5. The molecule has 0 unspecified atom stereocenters. The van der Waals surface area contributed by atoms with E-state index in [9.17, 15) is 9.59 Å². The van der Waals surface area contributed by atoms with Crippen LogP contribution in [-0.2, 0) is 16.1 Å². The van der Waals surface area contributed by atoms with Crippen molar-refractivity contribution in [2.45, 2.75) is 6.61 Å². The van der Waals surface area contributed by atoms with E-state index >= 15 is 0 Å². The SMILES string of the molecule is COc1cccc(-c2noc(COC(=O)COc3ccccc3C(N)=O)n2)c1. The van der Waals surface area contributed by atoms with Crippen LogP contribution in [0.15, 0.2) is 53.1 Å². The largest absolute Gasteiger partial charge is 0.497 e. The first-order valence-corrected chi connectivity index (χ1v) is 8.21. The highest BCUT2D eigenvalue weighted by molar-refractivity contribution is 5.95. The van der Waals surface area contributed by atoms with E-state index in [1.165, 1.54) is 12.1 Å². The Morgan fingerprint density at radius 2 is 1.96 bits per heavy atom. The van der Waals surface area contributed by atoms with Crippen LogP contribution in [0.2, 0.25) is 0 Å². The van der Waals surface area contributed by atoms with Crippen molar-refractivity contribution in [2.24, 2.45) is 5.73 Å². The second-order valence-electron chi connectivity index (χ2n) is 5.55. The van der Waals surface area contributed by atoms with Gasteiger partial charge in [-0.05, 0) is 24.3 Å². The predicted molar refractivity (Wildman–Crippen MR) is 96.5 cm³/mol. The fraction of sp³-hybridized carbons (Fsp3) is 0.158. The Labute approximate surface area is 160 Å². The van der Waals surface area contributed by atoms with Gasteiger partial charge in [-0.2, -0.15) is 4.98 Å². The number of hydrogen-bond donors (Lipinski definition) is 1. The molecule has 0 aliphatic heterocycles. The maximum absolute atomic E-state index is 11.9. The van der Waals surface area contributed by atoms with Gasteiger partial charge in [0, 0.05) is 5.56 Å². The molecular weight excluding hydrogens is 366 g/mol. The summed E-state index contributed by atoms with van der Waals surface area (Å²) in [5, 5.41) is 3.85. The molecule has 1 amide bonds. The first-order valence-electron chi connectivity index (χ1n) is 8.21. The van der Waals surface area contributed by atoms with Crippen molar-refractivity contribution in [3.8, 4) is 22.9 Å². The fourth-order valence-corrected chi connectivity index (χ4v) is 2.31. The van der Waals surface area contributed by atoms with Gasteiger partial charge in [0.25, 0.3) is 11.8 Å². The van der Waals surface area contributed by atoms with Gasteiger partial charge in [0.2, 0.25) is 5.82 Å². The average molecular weight is 383 g/mol. The number of aromatic nitrogens is 2. The Bertz CT molecular complexity index is 985. The minimum atomic E-state index is -0.666. The first kappa shape index (κ1) is 18.9. The van der Waals surface area contributed by atoms with E-state index in [2.05, 4.69) is 10.1 Å². The Kier molecular flexibility index (Phi) is 5.85. The molecule has 0 atom stereocenters. The zero-order valence-corrected chi connectivity index (χ0v) is 15.0. The molecule has 2 aromatic carbocycles. The van der Waals surface area contributed by atoms with Crippen LogP contribution in [0.25, 0.3) is 11.4 Å². The topological polar surface area (TPSA) is 127 Å². The lowest BCUT2D eigenvalue weighted by molar-refractivity contribution is -0.148. The minimum Gasteiger partial charge on any atom is -0.497 e. The number of ether oxygens (including phenoxy) is 3. The van der Waals surface area contributed by atoms with Crippen molar-refractivity contribution < 1.29 is 28.3 Å². The van der Waals surface area contributed by atoms with E-state index < -0.39 is 18.5 Å². The highest BCUT2D eigenvalue weighted by Gasteiger charge is 2.14. The number of primary amides is 1. The molecular formula is C19H17N3O6. The molecule has 28 heavy (non-hydrogen) atoms. The fourth-order valence-electron chi connectivity index (χ4n) is 2.31. The van der Waals surface area contributed by atoms with E-state index in [1.807, 2.05) is 0 Å². The van der Waals surface area contributed by atoms with Gasteiger partial charge in [-0.25, -0.2) is 4.79 Å². The Balaban J connectivity index is 1.54. The zero-order valence-electron chi connectivity index (χ0n) is 15.0. The number of carbonyl (C=O) groups excluding carboxylic acids is 2. The molecule has 0 aliphatic rings. The van der Waals surface area contributed by atoms with Crippen molar-refractivity contribution in [1.82, 2.24) is 10.1 Å². The standard InChI is InChI=1S/C19H17N3O6/c1-25-13-6-4-5-12(9-13)19-21-16(28-22-19)10-27-17(23)11-26-15-8-3-2-7-14(15)18(20)24/h2-9H,10-11H2,1H3,(H2,20,24). The van der Waals surface area contributed by atoms with E-state index in [1.54, 1.807) is 43.5 Å². The molecule has 0 aliphatic carbocycles. The summed E-state index contributed by atoms with van der Waals surface area (Å²) in [6.45, 7) is -0.613. The highest BCUT2D eigenvalue weighted by atomic mass is 16.6. The number of esters is 1. The van der Waals surface area contributed by atoms with Crippen LogP contribution in [-0.4, -0.2) is 35.7 Å². The lowest BCUT2D eigenvalue weighted by Crippen LogP contribution is -2.18. The van der Waals surface area contributed by atoms with Crippen molar-refractivity contribution >= 4 is 11.9 Å². The molecule has 0 saturated heterocycles. The van der Waals surface area contributed by atoms with Crippen LogP contribution in [0, 0.1) is 0 Å². The summed E-state index contributed by atoms with van der Waals surface area (Å²) >= 11 is 0. The predicted octanol–water partition coefficient (Wildman–Crippen LogP) is 1.97. The molecule has 9 heteroatoms. The molecule has 3 rings (SSSR count). The van der Waals surface area contributed by atoms with E-state index in [4.69, 9.17) is 24.5 Å². The number of amides is 1. The van der Waals surface area contributed by atoms with Gasteiger partial charge in [-0.1, -0.05) is 29.4 Å². The van der Waals surface area contributed by atoms with Gasteiger partial charge >= 0.3 is 5.97 Å². The molecule has 1 heterocycles. The number of benzene rings is 2. The van der Waals surface area contributed by atoms with Gasteiger partial charge in [-0.3, -0.25) is 4.79 Å². The minimum absolute atomic E-state index is 0.128. The normalized spacial score (nSPS) is 10.3. The molecule has 2 N–H and O–H groups in total. The monoisotopic (exact) mass is 383 g/mol. The van der Waals surface area contributed by atoms with Crippen LogP contribution >= 0.6 is 0 Å². The lowest BCUT2D eigenvalue weighted by Gasteiger charge is -2.08. The summed E-state index contributed by atoms with van der Waals surface area (Å²) in [5.74, 6) is 0.00862. The number of hydrogen-bond acceptors (Lipinski definition) is 8. The van der Waals surface area contributed by atoms with Gasteiger partial charge in [0.1, 0.15) is 11.5 Å². The molecule has 0 bridgehead atoms. The lowest BCUT2D eigenvalue weighted by atomic mass is 10.2.